The second-order valence-corrected chi connectivity index (χ2v) is 6.23. The number of hydrogen-bond donors (Lipinski definition) is 0. The molecule has 1 aromatic carbocycles. The van der Waals surface area contributed by atoms with E-state index in [1.165, 1.54) is 7.05 Å². The van der Waals surface area contributed by atoms with Crippen LogP contribution in [0, 0.1) is 13.8 Å². The molecule has 142 valence electrons. The van der Waals surface area contributed by atoms with E-state index in [-0.39, 0.29) is 29.6 Å². The quantitative estimate of drug-likeness (QED) is 0.496. The van der Waals surface area contributed by atoms with Crippen LogP contribution in [0.4, 0.5) is 0 Å². The van der Waals surface area contributed by atoms with Gasteiger partial charge in [-0.2, -0.15) is 5.10 Å². The summed E-state index contributed by atoms with van der Waals surface area (Å²) < 4.78 is 17.4. The van der Waals surface area contributed by atoms with Gasteiger partial charge in [0.2, 0.25) is 0 Å². The van der Waals surface area contributed by atoms with Crippen molar-refractivity contribution in [2.45, 2.75) is 20.5 Å². The number of furan rings is 1. The van der Waals surface area contributed by atoms with Crippen molar-refractivity contribution < 1.29 is 18.4 Å². The van der Waals surface area contributed by atoms with Crippen molar-refractivity contribution in [3.05, 3.63) is 63.8 Å². The zero-order chi connectivity index (χ0) is 19.8. The van der Waals surface area contributed by atoms with Crippen molar-refractivity contribution in [3.63, 3.8) is 0 Å². The highest BCUT2D eigenvalue weighted by Gasteiger charge is 2.19. The third-order valence-electron chi connectivity index (χ3n) is 4.21. The summed E-state index contributed by atoms with van der Waals surface area (Å²) in [6.07, 6.45) is 0. The summed E-state index contributed by atoms with van der Waals surface area (Å²) in [5.41, 5.74) is 0.437. The van der Waals surface area contributed by atoms with Crippen molar-refractivity contribution in [2.75, 3.05) is 0 Å². The maximum Gasteiger partial charge on any atom is 0.359 e. The third-order valence-corrected chi connectivity index (χ3v) is 4.21. The van der Waals surface area contributed by atoms with Gasteiger partial charge in [-0.15, -0.1) is 10.2 Å². The molecule has 0 atom stereocenters. The molecule has 3 heterocycles. The van der Waals surface area contributed by atoms with E-state index in [0.29, 0.717) is 22.1 Å². The molecule has 3 aromatic heterocycles. The van der Waals surface area contributed by atoms with Crippen LogP contribution in [0.15, 0.2) is 44.0 Å². The van der Waals surface area contributed by atoms with Crippen LogP contribution in [0.3, 0.4) is 0 Å². The highest BCUT2D eigenvalue weighted by Crippen LogP contribution is 2.25. The van der Waals surface area contributed by atoms with Gasteiger partial charge in [0.25, 0.3) is 17.3 Å². The zero-order valence-corrected chi connectivity index (χ0v) is 15.4. The summed E-state index contributed by atoms with van der Waals surface area (Å²) in [5, 5.41) is 12.7. The average molecular weight is 380 g/mol. The number of hydrogen-bond acceptors (Lipinski definition) is 8. The molecular weight excluding hydrogens is 364 g/mol. The summed E-state index contributed by atoms with van der Waals surface area (Å²) in [6.45, 7) is 3.39. The number of ether oxygens (including phenoxy) is 1. The standard InChI is InChI=1S/C19H16N4O5/c1-10-8-14(11(2)27-10)17-21-20-15(28-17)9-26-19(25)16-12-6-4-5-7-13(12)18(24)23(3)22-16/h4-8H,9H2,1-3H3. The summed E-state index contributed by atoms with van der Waals surface area (Å²) >= 11 is 0. The highest BCUT2D eigenvalue weighted by atomic mass is 16.5. The van der Waals surface area contributed by atoms with Crippen LogP contribution in [0.1, 0.15) is 27.9 Å². The first-order valence-corrected chi connectivity index (χ1v) is 8.47. The maximum absolute atomic E-state index is 12.5. The molecular formula is C19H16N4O5. The number of carbonyl (C=O) groups is 1. The van der Waals surface area contributed by atoms with Crippen LogP contribution in [-0.4, -0.2) is 25.9 Å². The molecule has 0 saturated heterocycles. The summed E-state index contributed by atoms with van der Waals surface area (Å²) in [7, 11) is 1.48. The first-order chi connectivity index (χ1) is 13.4. The van der Waals surface area contributed by atoms with Gasteiger partial charge in [-0.3, -0.25) is 4.79 Å². The van der Waals surface area contributed by atoms with Crippen LogP contribution in [0.25, 0.3) is 22.2 Å². The first-order valence-electron chi connectivity index (χ1n) is 8.47. The maximum atomic E-state index is 12.5. The molecule has 0 spiro atoms. The Hall–Kier alpha value is -3.75. The fourth-order valence-corrected chi connectivity index (χ4v) is 2.91. The molecule has 0 aliphatic carbocycles. The van der Waals surface area contributed by atoms with Crippen LogP contribution in [0.5, 0.6) is 0 Å². The van der Waals surface area contributed by atoms with Gasteiger partial charge < -0.3 is 13.6 Å². The summed E-state index contributed by atoms with van der Waals surface area (Å²) in [5.74, 6) is 1.11. The van der Waals surface area contributed by atoms with Crippen molar-refractivity contribution in [2.24, 2.45) is 7.05 Å². The zero-order valence-electron chi connectivity index (χ0n) is 15.4. The Labute approximate surface area is 158 Å². The molecule has 0 bridgehead atoms. The number of aromatic nitrogens is 4. The van der Waals surface area contributed by atoms with Gasteiger partial charge in [0, 0.05) is 12.4 Å². The van der Waals surface area contributed by atoms with Gasteiger partial charge in [-0.1, -0.05) is 18.2 Å². The van der Waals surface area contributed by atoms with Gasteiger partial charge in [0.05, 0.1) is 10.9 Å². The van der Waals surface area contributed by atoms with Gasteiger partial charge >= 0.3 is 5.97 Å². The van der Waals surface area contributed by atoms with E-state index in [9.17, 15) is 9.59 Å². The number of benzene rings is 1. The number of nitrogens with zero attached hydrogens (tertiary/aromatic N) is 4. The second kappa shape index (κ2) is 6.76. The van der Waals surface area contributed by atoms with Crippen molar-refractivity contribution >= 4 is 16.7 Å². The molecule has 9 heteroatoms. The van der Waals surface area contributed by atoms with E-state index in [1.54, 1.807) is 37.3 Å². The van der Waals surface area contributed by atoms with Gasteiger partial charge in [0.15, 0.2) is 12.3 Å². The fourth-order valence-electron chi connectivity index (χ4n) is 2.91. The predicted octanol–water partition coefficient (Wildman–Crippen LogP) is 2.55. The van der Waals surface area contributed by atoms with Crippen molar-refractivity contribution in [1.82, 2.24) is 20.0 Å². The largest absolute Gasteiger partial charge is 0.466 e. The monoisotopic (exact) mass is 380 g/mol. The molecule has 0 unspecified atom stereocenters. The lowest BCUT2D eigenvalue weighted by atomic mass is 10.1. The van der Waals surface area contributed by atoms with E-state index >= 15 is 0 Å². The van der Waals surface area contributed by atoms with Crippen molar-refractivity contribution in [3.8, 4) is 11.5 Å². The van der Waals surface area contributed by atoms with E-state index in [2.05, 4.69) is 15.3 Å². The fraction of sp³-hybridized carbons (Fsp3) is 0.211. The van der Waals surface area contributed by atoms with Gasteiger partial charge in [0.1, 0.15) is 11.5 Å². The van der Waals surface area contributed by atoms with Crippen LogP contribution in [0.2, 0.25) is 0 Å². The lowest BCUT2D eigenvalue weighted by Gasteiger charge is -2.07. The number of carbonyl (C=O) groups excluding carboxylic acids is 1. The van der Waals surface area contributed by atoms with Gasteiger partial charge in [-0.05, 0) is 26.0 Å². The molecule has 0 aliphatic heterocycles. The topological polar surface area (TPSA) is 113 Å². The number of esters is 1. The Balaban J connectivity index is 1.56. The Morgan fingerprint density at radius 2 is 1.89 bits per heavy atom. The van der Waals surface area contributed by atoms with E-state index in [0.717, 1.165) is 10.4 Å². The number of aryl methyl sites for hydroxylation is 3. The minimum absolute atomic E-state index is 0.0405. The first kappa shape index (κ1) is 17.7. The summed E-state index contributed by atoms with van der Waals surface area (Å²) in [6, 6.07) is 8.52. The van der Waals surface area contributed by atoms with Crippen LogP contribution >= 0.6 is 0 Å². The van der Waals surface area contributed by atoms with Crippen LogP contribution in [-0.2, 0) is 18.4 Å². The highest BCUT2D eigenvalue weighted by molar-refractivity contribution is 6.02. The molecule has 9 nitrogen and oxygen atoms in total. The molecule has 4 aromatic rings. The minimum atomic E-state index is -0.693. The molecule has 4 rings (SSSR count). The minimum Gasteiger partial charge on any atom is -0.466 e. The Morgan fingerprint density at radius 1 is 1.14 bits per heavy atom. The van der Waals surface area contributed by atoms with E-state index in [4.69, 9.17) is 13.6 Å². The average Bonchev–Trinajstić information content (AvgIpc) is 3.28. The van der Waals surface area contributed by atoms with Crippen LogP contribution < -0.4 is 5.56 Å². The van der Waals surface area contributed by atoms with Gasteiger partial charge in [-0.25, -0.2) is 9.48 Å². The predicted molar refractivity (Wildman–Crippen MR) is 97.6 cm³/mol. The summed E-state index contributed by atoms with van der Waals surface area (Å²) in [4.78, 5) is 24.7. The molecule has 0 fully saturated rings. The Kier molecular flexibility index (Phi) is 4.26. The third kappa shape index (κ3) is 3.07. The second-order valence-electron chi connectivity index (χ2n) is 6.23. The molecule has 0 saturated carbocycles. The number of rotatable bonds is 4. The lowest BCUT2D eigenvalue weighted by Crippen LogP contribution is -2.23. The molecule has 28 heavy (non-hydrogen) atoms. The molecule has 0 aliphatic rings. The van der Waals surface area contributed by atoms with E-state index in [1.807, 2.05) is 6.92 Å². The lowest BCUT2D eigenvalue weighted by molar-refractivity contribution is 0.0431. The van der Waals surface area contributed by atoms with E-state index < -0.39 is 5.97 Å². The Bertz CT molecular complexity index is 1250. The normalized spacial score (nSPS) is 11.1. The van der Waals surface area contributed by atoms with Crippen molar-refractivity contribution in [1.29, 1.82) is 0 Å². The molecule has 0 radical (unpaired) electrons. The SMILES string of the molecule is Cc1cc(-c2nnc(COC(=O)c3nn(C)c(=O)c4ccccc34)o2)c(C)o1. The molecule has 0 N–H and O–H groups in total. The number of fused-ring (bicyclic) bond motifs is 1. The molecule has 0 amide bonds. The Morgan fingerprint density at radius 3 is 2.61 bits per heavy atom. The smallest absolute Gasteiger partial charge is 0.359 e.